The number of aromatic nitrogens is 2. The lowest BCUT2D eigenvalue weighted by Crippen LogP contribution is -2.53. The summed E-state index contributed by atoms with van der Waals surface area (Å²) >= 11 is 0. The Hall–Kier alpha value is -0.790. The summed E-state index contributed by atoms with van der Waals surface area (Å²) in [6.07, 6.45) is -1.22. The van der Waals surface area contributed by atoms with Gasteiger partial charge < -0.3 is 5.32 Å². The number of hydrogen-bond acceptors (Lipinski definition) is 3. The standard InChI is InChI=1S/C12H19F3N4.ClH/c1-9-5-18(10(2)3-16-9)6-11-4-17-19(7-11)8-12(13,14)15;/h4,7,9-10,16H,3,5-6,8H2,1-2H3;1H. The number of nitrogens with one attached hydrogen (secondary N) is 1. The highest BCUT2D eigenvalue weighted by molar-refractivity contribution is 5.85. The maximum absolute atomic E-state index is 12.2. The molecule has 0 saturated carbocycles. The predicted molar refractivity (Wildman–Crippen MR) is 72.9 cm³/mol. The van der Waals surface area contributed by atoms with Gasteiger partial charge in [-0.1, -0.05) is 0 Å². The fraction of sp³-hybridized carbons (Fsp3) is 0.750. The topological polar surface area (TPSA) is 33.1 Å². The zero-order valence-electron chi connectivity index (χ0n) is 11.5. The highest BCUT2D eigenvalue weighted by atomic mass is 35.5. The average Bonchev–Trinajstić information content (AvgIpc) is 2.68. The molecule has 0 amide bonds. The molecular formula is C12H20ClF3N4. The molecule has 1 fully saturated rings. The zero-order valence-corrected chi connectivity index (χ0v) is 12.3. The molecule has 0 aromatic carbocycles. The molecule has 2 rings (SSSR count). The van der Waals surface area contributed by atoms with Crippen LogP contribution in [0.2, 0.25) is 0 Å². The van der Waals surface area contributed by atoms with Gasteiger partial charge in [0, 0.05) is 43.5 Å². The van der Waals surface area contributed by atoms with Crippen molar-refractivity contribution in [1.29, 1.82) is 0 Å². The second kappa shape index (κ2) is 6.78. The second-order valence-electron chi connectivity index (χ2n) is 5.25. The van der Waals surface area contributed by atoms with Gasteiger partial charge in [-0.3, -0.25) is 9.58 Å². The summed E-state index contributed by atoms with van der Waals surface area (Å²) in [7, 11) is 0. The fourth-order valence-electron chi connectivity index (χ4n) is 2.31. The minimum Gasteiger partial charge on any atom is -0.311 e. The van der Waals surface area contributed by atoms with Crippen molar-refractivity contribution in [3.8, 4) is 0 Å². The summed E-state index contributed by atoms with van der Waals surface area (Å²) in [5.74, 6) is 0. The third-order valence-electron chi connectivity index (χ3n) is 3.31. The van der Waals surface area contributed by atoms with Gasteiger partial charge in [-0.15, -0.1) is 12.4 Å². The van der Waals surface area contributed by atoms with Crippen LogP contribution in [0.25, 0.3) is 0 Å². The Bertz CT molecular complexity index is 421. The van der Waals surface area contributed by atoms with Gasteiger partial charge in [0.15, 0.2) is 0 Å². The third kappa shape index (κ3) is 4.96. The summed E-state index contributed by atoms with van der Waals surface area (Å²) in [6.45, 7) is 5.63. The van der Waals surface area contributed by atoms with Crippen LogP contribution < -0.4 is 5.32 Å². The first kappa shape index (κ1) is 17.3. The molecule has 0 spiro atoms. The molecule has 0 aliphatic carbocycles. The molecule has 20 heavy (non-hydrogen) atoms. The van der Waals surface area contributed by atoms with Crippen LogP contribution in [0, 0.1) is 0 Å². The van der Waals surface area contributed by atoms with Crippen molar-refractivity contribution in [3.63, 3.8) is 0 Å². The molecule has 1 saturated heterocycles. The smallest absolute Gasteiger partial charge is 0.311 e. The predicted octanol–water partition coefficient (Wildman–Crippen LogP) is 2.05. The van der Waals surface area contributed by atoms with E-state index in [1.165, 1.54) is 12.4 Å². The number of halogens is 4. The molecule has 1 aliphatic rings. The van der Waals surface area contributed by atoms with Crippen molar-refractivity contribution >= 4 is 12.4 Å². The zero-order chi connectivity index (χ0) is 14.0. The molecule has 0 bridgehead atoms. The van der Waals surface area contributed by atoms with Gasteiger partial charge in [0.25, 0.3) is 0 Å². The maximum atomic E-state index is 12.2. The number of piperazine rings is 1. The van der Waals surface area contributed by atoms with Crippen LogP contribution >= 0.6 is 12.4 Å². The summed E-state index contributed by atoms with van der Waals surface area (Å²) in [4.78, 5) is 2.26. The highest BCUT2D eigenvalue weighted by Crippen LogP contribution is 2.18. The Balaban J connectivity index is 0.00000200. The van der Waals surface area contributed by atoms with Crippen LogP contribution in [-0.2, 0) is 13.1 Å². The molecule has 116 valence electrons. The third-order valence-corrected chi connectivity index (χ3v) is 3.31. The quantitative estimate of drug-likeness (QED) is 0.927. The first-order chi connectivity index (χ1) is 8.83. The van der Waals surface area contributed by atoms with Crippen molar-refractivity contribution in [2.24, 2.45) is 0 Å². The van der Waals surface area contributed by atoms with E-state index >= 15 is 0 Å². The molecule has 0 radical (unpaired) electrons. The SMILES string of the molecule is CC1CN(Cc2cnn(CC(F)(F)F)c2)C(C)CN1.Cl. The Morgan fingerprint density at radius 3 is 2.75 bits per heavy atom. The van der Waals surface area contributed by atoms with Gasteiger partial charge in [-0.05, 0) is 13.8 Å². The Labute approximate surface area is 122 Å². The van der Waals surface area contributed by atoms with Crippen molar-refractivity contribution in [2.75, 3.05) is 13.1 Å². The minimum absolute atomic E-state index is 0. The van der Waals surface area contributed by atoms with E-state index in [0.717, 1.165) is 23.3 Å². The van der Waals surface area contributed by atoms with Gasteiger partial charge in [0.1, 0.15) is 6.54 Å². The van der Waals surface area contributed by atoms with Crippen LogP contribution in [0.3, 0.4) is 0 Å². The molecule has 1 aromatic heterocycles. The van der Waals surface area contributed by atoms with E-state index in [1.807, 2.05) is 0 Å². The number of alkyl halides is 3. The Morgan fingerprint density at radius 2 is 2.10 bits per heavy atom. The summed E-state index contributed by atoms with van der Waals surface area (Å²) in [6, 6.07) is 0.781. The number of nitrogens with zero attached hydrogens (tertiary/aromatic N) is 3. The lowest BCUT2D eigenvalue weighted by Gasteiger charge is -2.37. The van der Waals surface area contributed by atoms with E-state index in [-0.39, 0.29) is 12.4 Å². The summed E-state index contributed by atoms with van der Waals surface area (Å²) in [5, 5.41) is 7.14. The monoisotopic (exact) mass is 312 g/mol. The Kier molecular flexibility index (Phi) is 5.85. The lowest BCUT2D eigenvalue weighted by molar-refractivity contribution is -0.142. The van der Waals surface area contributed by atoms with E-state index in [2.05, 4.69) is 29.2 Å². The molecular weight excluding hydrogens is 293 g/mol. The van der Waals surface area contributed by atoms with Crippen LogP contribution in [0.15, 0.2) is 12.4 Å². The van der Waals surface area contributed by atoms with E-state index < -0.39 is 12.7 Å². The summed E-state index contributed by atoms with van der Waals surface area (Å²) < 4.78 is 37.7. The second-order valence-corrected chi connectivity index (χ2v) is 5.25. The van der Waals surface area contributed by atoms with Crippen molar-refractivity contribution in [2.45, 2.75) is 45.2 Å². The van der Waals surface area contributed by atoms with Crippen LogP contribution in [0.4, 0.5) is 13.2 Å². The van der Waals surface area contributed by atoms with Crippen LogP contribution in [-0.4, -0.2) is 46.0 Å². The molecule has 2 unspecified atom stereocenters. The van der Waals surface area contributed by atoms with Crippen molar-refractivity contribution in [1.82, 2.24) is 20.0 Å². The van der Waals surface area contributed by atoms with Crippen LogP contribution in [0.5, 0.6) is 0 Å². The van der Waals surface area contributed by atoms with E-state index in [0.29, 0.717) is 18.6 Å². The molecule has 2 heterocycles. The average molecular weight is 313 g/mol. The van der Waals surface area contributed by atoms with Gasteiger partial charge in [-0.25, -0.2) is 0 Å². The normalized spacial score (nSPS) is 24.4. The highest BCUT2D eigenvalue weighted by Gasteiger charge is 2.28. The van der Waals surface area contributed by atoms with E-state index in [4.69, 9.17) is 0 Å². The first-order valence-electron chi connectivity index (χ1n) is 6.39. The fourth-order valence-corrected chi connectivity index (χ4v) is 2.31. The van der Waals surface area contributed by atoms with Crippen LogP contribution in [0.1, 0.15) is 19.4 Å². The van der Waals surface area contributed by atoms with Gasteiger partial charge in [-0.2, -0.15) is 18.3 Å². The molecule has 1 N–H and O–H groups in total. The molecule has 1 aromatic rings. The number of rotatable bonds is 3. The van der Waals surface area contributed by atoms with Gasteiger partial charge >= 0.3 is 6.18 Å². The Morgan fingerprint density at radius 1 is 1.40 bits per heavy atom. The molecule has 8 heteroatoms. The van der Waals surface area contributed by atoms with Crippen molar-refractivity contribution in [3.05, 3.63) is 18.0 Å². The lowest BCUT2D eigenvalue weighted by atomic mass is 10.1. The number of hydrogen-bond donors (Lipinski definition) is 1. The maximum Gasteiger partial charge on any atom is 0.408 e. The molecule has 2 atom stereocenters. The molecule has 4 nitrogen and oxygen atoms in total. The molecule has 1 aliphatic heterocycles. The van der Waals surface area contributed by atoms with Crippen molar-refractivity contribution < 1.29 is 13.2 Å². The van der Waals surface area contributed by atoms with E-state index in [9.17, 15) is 13.2 Å². The van der Waals surface area contributed by atoms with Gasteiger partial charge in [0.05, 0.1) is 6.20 Å². The first-order valence-corrected chi connectivity index (χ1v) is 6.39. The summed E-state index contributed by atoms with van der Waals surface area (Å²) in [5.41, 5.74) is 0.824. The van der Waals surface area contributed by atoms with E-state index in [1.54, 1.807) is 0 Å². The minimum atomic E-state index is -4.22. The van der Waals surface area contributed by atoms with Gasteiger partial charge in [0.2, 0.25) is 0 Å². The largest absolute Gasteiger partial charge is 0.408 e.